The van der Waals surface area contributed by atoms with Crippen LogP contribution in [0.5, 0.6) is 0 Å². The molecule has 0 unspecified atom stereocenters. The van der Waals surface area contributed by atoms with E-state index >= 15 is 0 Å². The summed E-state index contributed by atoms with van der Waals surface area (Å²) in [5, 5.41) is 5.41. The molecule has 0 bridgehead atoms. The number of nitrogens with one attached hydrogen (secondary N) is 2. The minimum atomic E-state index is -4.69. The van der Waals surface area contributed by atoms with Gasteiger partial charge in [0.2, 0.25) is 5.91 Å². The SMILES string of the molecule is C=CCN1C(=O)N[C@@H](c2ccccc2C(F)(F)F)C2=C1CN([C@@H](C(=O)NCCN(C)C)C(C)C)C2=O. The van der Waals surface area contributed by atoms with Crippen molar-refractivity contribution < 1.29 is 27.6 Å². The lowest BCUT2D eigenvalue weighted by Gasteiger charge is -2.33. The standard InChI is InChI=1S/C25H32F3N5O3/c1-6-12-32-18-14-33(21(15(2)3)22(34)29-11-13-31(4)5)23(35)19(18)20(30-24(32)36)16-9-7-8-10-17(16)25(26,27)28/h6-10,15,20-21H,1,11-14H2,2-5H3,(H,29,34)(H,30,36)/t20-,21+/m0/s1. The molecule has 2 heterocycles. The van der Waals surface area contributed by atoms with Crippen molar-refractivity contribution >= 4 is 17.8 Å². The summed E-state index contributed by atoms with van der Waals surface area (Å²) in [5.74, 6) is -1.23. The van der Waals surface area contributed by atoms with Crippen molar-refractivity contribution in [3.63, 3.8) is 0 Å². The first kappa shape index (κ1) is 27.3. The van der Waals surface area contributed by atoms with Gasteiger partial charge in [-0.3, -0.25) is 14.5 Å². The number of carbonyl (C=O) groups is 3. The second kappa shape index (κ2) is 10.7. The molecule has 0 aromatic heterocycles. The molecule has 2 N–H and O–H groups in total. The molecule has 3 rings (SSSR count). The third-order valence-electron chi connectivity index (χ3n) is 6.23. The summed E-state index contributed by atoms with van der Waals surface area (Å²) >= 11 is 0. The van der Waals surface area contributed by atoms with Crippen molar-refractivity contribution in [1.29, 1.82) is 0 Å². The number of benzene rings is 1. The normalized spacial score (nSPS) is 19.1. The van der Waals surface area contributed by atoms with Crippen LogP contribution in [0.15, 0.2) is 48.2 Å². The van der Waals surface area contributed by atoms with Crippen LogP contribution < -0.4 is 10.6 Å². The van der Waals surface area contributed by atoms with Gasteiger partial charge in [-0.05, 0) is 31.6 Å². The molecule has 0 fully saturated rings. The number of amides is 4. The highest BCUT2D eigenvalue weighted by Gasteiger charge is 2.49. The summed E-state index contributed by atoms with van der Waals surface area (Å²) in [6.45, 7) is 8.18. The largest absolute Gasteiger partial charge is 0.416 e. The molecule has 4 amide bonds. The Kier molecular flexibility index (Phi) is 8.12. The predicted octanol–water partition coefficient (Wildman–Crippen LogP) is 2.76. The second-order valence-corrected chi connectivity index (χ2v) is 9.44. The molecule has 0 spiro atoms. The Labute approximate surface area is 208 Å². The van der Waals surface area contributed by atoms with E-state index in [-0.39, 0.29) is 41.7 Å². The molecule has 1 aromatic carbocycles. The maximum absolute atomic E-state index is 13.8. The van der Waals surface area contributed by atoms with Gasteiger partial charge in [0.25, 0.3) is 5.91 Å². The Morgan fingerprint density at radius 3 is 2.53 bits per heavy atom. The molecule has 36 heavy (non-hydrogen) atoms. The van der Waals surface area contributed by atoms with Gasteiger partial charge in [0, 0.05) is 19.6 Å². The van der Waals surface area contributed by atoms with E-state index in [9.17, 15) is 27.6 Å². The quantitative estimate of drug-likeness (QED) is 0.504. The Hall–Kier alpha value is -3.34. The molecule has 8 nitrogen and oxygen atoms in total. The first-order valence-electron chi connectivity index (χ1n) is 11.7. The Balaban J connectivity index is 2.04. The molecule has 196 valence electrons. The maximum Gasteiger partial charge on any atom is 0.416 e. The van der Waals surface area contributed by atoms with Crippen molar-refractivity contribution in [3.8, 4) is 0 Å². The van der Waals surface area contributed by atoms with Crippen LogP contribution in [0.2, 0.25) is 0 Å². The molecule has 0 saturated carbocycles. The lowest BCUT2D eigenvalue weighted by molar-refractivity contribution is -0.139. The number of alkyl halides is 3. The average molecular weight is 508 g/mol. The predicted molar refractivity (Wildman–Crippen MR) is 129 cm³/mol. The van der Waals surface area contributed by atoms with E-state index in [0.717, 1.165) is 6.07 Å². The van der Waals surface area contributed by atoms with E-state index in [4.69, 9.17) is 0 Å². The van der Waals surface area contributed by atoms with Gasteiger partial charge < -0.3 is 20.4 Å². The van der Waals surface area contributed by atoms with Crippen molar-refractivity contribution in [1.82, 2.24) is 25.3 Å². The molecular formula is C25H32F3N5O3. The zero-order chi connectivity index (χ0) is 26.8. The average Bonchev–Trinajstić information content (AvgIpc) is 3.11. The van der Waals surface area contributed by atoms with Gasteiger partial charge in [-0.2, -0.15) is 13.2 Å². The highest BCUT2D eigenvalue weighted by atomic mass is 19.4. The van der Waals surface area contributed by atoms with Crippen molar-refractivity contribution in [2.24, 2.45) is 5.92 Å². The fourth-order valence-corrected chi connectivity index (χ4v) is 4.61. The van der Waals surface area contributed by atoms with Crippen LogP contribution in [0.25, 0.3) is 0 Å². The third kappa shape index (κ3) is 5.40. The highest BCUT2D eigenvalue weighted by molar-refractivity contribution is 6.03. The van der Waals surface area contributed by atoms with Crippen LogP contribution in [0.1, 0.15) is 31.0 Å². The molecule has 1 aromatic rings. The van der Waals surface area contributed by atoms with Gasteiger partial charge >= 0.3 is 12.2 Å². The summed E-state index contributed by atoms with van der Waals surface area (Å²) < 4.78 is 41.5. The van der Waals surface area contributed by atoms with Gasteiger partial charge in [0.15, 0.2) is 0 Å². The van der Waals surface area contributed by atoms with Crippen LogP contribution in [0, 0.1) is 5.92 Å². The molecule has 0 radical (unpaired) electrons. The van der Waals surface area contributed by atoms with Crippen molar-refractivity contribution in [3.05, 3.63) is 59.3 Å². The van der Waals surface area contributed by atoms with Crippen molar-refractivity contribution in [2.75, 3.05) is 40.3 Å². The monoisotopic (exact) mass is 507 g/mol. The van der Waals surface area contributed by atoms with Gasteiger partial charge in [-0.1, -0.05) is 38.1 Å². The summed E-state index contributed by atoms with van der Waals surface area (Å²) in [5.41, 5.74) is -0.861. The molecule has 2 aliphatic rings. The smallest absolute Gasteiger partial charge is 0.353 e. The van der Waals surface area contributed by atoms with E-state index < -0.39 is 35.8 Å². The van der Waals surface area contributed by atoms with Gasteiger partial charge in [-0.25, -0.2) is 4.79 Å². The number of hydrogen-bond acceptors (Lipinski definition) is 4. The van der Waals surface area contributed by atoms with Crippen LogP contribution in [-0.4, -0.2) is 78.9 Å². The van der Waals surface area contributed by atoms with Crippen LogP contribution in [-0.2, 0) is 15.8 Å². The van der Waals surface area contributed by atoms with Gasteiger partial charge in [-0.15, -0.1) is 6.58 Å². The van der Waals surface area contributed by atoms with Crippen LogP contribution in [0.4, 0.5) is 18.0 Å². The number of carbonyl (C=O) groups excluding carboxylic acids is 3. The first-order chi connectivity index (χ1) is 16.9. The van der Waals surface area contributed by atoms with E-state index in [0.29, 0.717) is 13.1 Å². The summed E-state index contributed by atoms with van der Waals surface area (Å²) in [6, 6.07) is 2.04. The zero-order valence-corrected chi connectivity index (χ0v) is 20.9. The lowest BCUT2D eigenvalue weighted by atomic mass is 9.91. The minimum Gasteiger partial charge on any atom is -0.353 e. The van der Waals surface area contributed by atoms with E-state index in [2.05, 4.69) is 17.2 Å². The summed E-state index contributed by atoms with van der Waals surface area (Å²) in [6.07, 6.45) is -3.22. The molecule has 11 heteroatoms. The number of likely N-dealkylation sites (N-methyl/N-ethyl adjacent to an activating group) is 1. The lowest BCUT2D eigenvalue weighted by Crippen LogP contribution is -2.52. The zero-order valence-electron chi connectivity index (χ0n) is 20.9. The Bertz CT molecular complexity index is 1070. The van der Waals surface area contributed by atoms with Gasteiger partial charge in [0.1, 0.15) is 6.04 Å². The van der Waals surface area contributed by atoms with E-state index in [1.165, 1.54) is 34.1 Å². The molecule has 0 aliphatic carbocycles. The molecular weight excluding hydrogens is 475 g/mol. The van der Waals surface area contributed by atoms with Crippen molar-refractivity contribution in [2.45, 2.75) is 32.1 Å². The fraction of sp³-hybridized carbons (Fsp3) is 0.480. The third-order valence-corrected chi connectivity index (χ3v) is 6.23. The van der Waals surface area contributed by atoms with E-state index in [1.54, 1.807) is 13.8 Å². The second-order valence-electron chi connectivity index (χ2n) is 9.44. The van der Waals surface area contributed by atoms with Crippen LogP contribution in [0.3, 0.4) is 0 Å². The number of rotatable bonds is 9. The molecule has 2 aliphatic heterocycles. The maximum atomic E-state index is 13.8. The number of halogens is 3. The minimum absolute atomic E-state index is 0.0277. The fourth-order valence-electron chi connectivity index (χ4n) is 4.61. The van der Waals surface area contributed by atoms with Gasteiger partial charge in [0.05, 0.1) is 29.4 Å². The van der Waals surface area contributed by atoms with Crippen LogP contribution >= 0.6 is 0 Å². The number of hydrogen-bond donors (Lipinski definition) is 2. The molecule has 2 atom stereocenters. The summed E-state index contributed by atoms with van der Waals surface area (Å²) in [4.78, 5) is 44.4. The topological polar surface area (TPSA) is 85.0 Å². The van der Waals surface area contributed by atoms with E-state index in [1.807, 2.05) is 19.0 Å². The molecule has 0 saturated heterocycles. The Morgan fingerprint density at radius 1 is 1.28 bits per heavy atom. The highest BCUT2D eigenvalue weighted by Crippen LogP contribution is 2.42. The Morgan fingerprint density at radius 2 is 1.94 bits per heavy atom. The first-order valence-corrected chi connectivity index (χ1v) is 11.7. The number of nitrogens with zero attached hydrogens (tertiary/aromatic N) is 3. The number of urea groups is 1. The summed E-state index contributed by atoms with van der Waals surface area (Å²) in [7, 11) is 3.73.